The Morgan fingerprint density at radius 2 is 0.448 bits per heavy atom. The van der Waals surface area contributed by atoms with E-state index >= 15 is 0 Å². The highest BCUT2D eigenvalue weighted by Gasteiger charge is 2.20. The normalized spacial score (nSPS) is 23.1. The van der Waals surface area contributed by atoms with Crippen molar-refractivity contribution in [1.29, 1.82) is 0 Å². The number of ether oxygens (including phenoxy) is 1. The summed E-state index contributed by atoms with van der Waals surface area (Å²) in [6.45, 7) is 53.9. The maximum atomic E-state index is 5.21. The molecule has 0 aliphatic carbocycles. The van der Waals surface area contributed by atoms with Crippen molar-refractivity contribution >= 4 is 0 Å². The summed E-state index contributed by atoms with van der Waals surface area (Å²) in [5.41, 5.74) is 0. The third kappa shape index (κ3) is 27.6. The molecule has 0 radical (unpaired) electrons. The number of morpholine rings is 1. The van der Waals surface area contributed by atoms with Gasteiger partial charge in [0.1, 0.15) is 0 Å². The first kappa shape index (κ1) is 55.7. The molecule has 7 aliphatic rings. The molecule has 0 spiro atoms. The molecular formula is C49H106N8O. The molecule has 7 rings (SSSR count). The van der Waals surface area contributed by atoms with E-state index in [0.29, 0.717) is 6.04 Å². The van der Waals surface area contributed by atoms with Crippen LogP contribution in [0.25, 0.3) is 0 Å². The molecule has 0 aromatic heterocycles. The second-order valence-electron chi connectivity index (χ2n) is 20.0. The van der Waals surface area contributed by atoms with Gasteiger partial charge in [-0.25, -0.2) is 0 Å². The monoisotopic (exact) mass is 823 g/mol. The fourth-order valence-electron chi connectivity index (χ4n) is 7.99. The first-order chi connectivity index (χ1) is 27.5. The molecule has 0 aromatic rings. The highest BCUT2D eigenvalue weighted by Crippen LogP contribution is 2.13. The lowest BCUT2D eigenvalue weighted by Crippen LogP contribution is -2.47. The number of likely N-dealkylation sites (tertiary alicyclic amines) is 4. The minimum Gasteiger partial charge on any atom is -0.379 e. The maximum Gasteiger partial charge on any atom is 0.0594 e. The van der Waals surface area contributed by atoms with Crippen LogP contribution in [0.3, 0.4) is 0 Å². The van der Waals surface area contributed by atoms with Crippen LogP contribution in [0.2, 0.25) is 0 Å². The molecular weight excluding hydrogens is 717 g/mol. The molecule has 7 saturated heterocycles. The van der Waals surface area contributed by atoms with E-state index in [1.165, 1.54) is 149 Å². The molecule has 0 aromatic carbocycles. The van der Waals surface area contributed by atoms with E-state index in [2.05, 4.69) is 143 Å². The van der Waals surface area contributed by atoms with Crippen molar-refractivity contribution in [3.63, 3.8) is 0 Å². The van der Waals surface area contributed by atoms with Crippen molar-refractivity contribution in [1.82, 2.24) is 39.2 Å². The summed E-state index contributed by atoms with van der Waals surface area (Å²) in [5.74, 6) is 0. The lowest BCUT2D eigenvalue weighted by atomic mass is 10.1. The zero-order valence-electron chi connectivity index (χ0n) is 42.1. The smallest absolute Gasteiger partial charge is 0.0594 e. The highest BCUT2D eigenvalue weighted by molar-refractivity contribution is 4.76. The first-order valence-corrected chi connectivity index (χ1v) is 25.0. The van der Waals surface area contributed by atoms with E-state index in [1.54, 1.807) is 0 Å². The second-order valence-corrected chi connectivity index (χ2v) is 20.0. The number of piperazine rings is 1. The van der Waals surface area contributed by atoms with Crippen LogP contribution in [0.1, 0.15) is 155 Å². The van der Waals surface area contributed by atoms with E-state index in [4.69, 9.17) is 4.74 Å². The minimum atomic E-state index is 0.689. The number of nitrogens with zero attached hydrogens (tertiary/aromatic N) is 8. The molecule has 7 heterocycles. The van der Waals surface area contributed by atoms with Gasteiger partial charge < -0.3 is 29.2 Å². The first-order valence-electron chi connectivity index (χ1n) is 25.0. The SMILES string of the molecule is CC(C)N1CC1.CC(C)N1CCC1.CC(C)N1CCCC1.CC(C)N1CCCCC1.CC(C)N1CCCCC1.CC(C)N1CCN(C)CC1.CC(C)N1CCOCC1. The third-order valence-electron chi connectivity index (χ3n) is 13.0. The summed E-state index contributed by atoms with van der Waals surface area (Å²) in [6.07, 6.45) is 12.8. The van der Waals surface area contributed by atoms with Gasteiger partial charge in [0.25, 0.3) is 0 Å². The Morgan fingerprint density at radius 1 is 0.241 bits per heavy atom. The molecule has 0 unspecified atom stereocenters. The van der Waals surface area contributed by atoms with Crippen LogP contribution in [0.5, 0.6) is 0 Å². The van der Waals surface area contributed by atoms with Gasteiger partial charge in [0.05, 0.1) is 13.2 Å². The lowest BCUT2D eigenvalue weighted by Gasteiger charge is -2.34. The fraction of sp³-hybridized carbons (Fsp3) is 1.00. The number of rotatable bonds is 7. The third-order valence-corrected chi connectivity index (χ3v) is 13.0. The summed E-state index contributed by atoms with van der Waals surface area (Å²) >= 11 is 0. The van der Waals surface area contributed by atoms with E-state index in [9.17, 15) is 0 Å². The van der Waals surface area contributed by atoms with Gasteiger partial charge in [0.2, 0.25) is 0 Å². The summed E-state index contributed by atoms with van der Waals surface area (Å²) in [6, 6.07) is 5.31. The van der Waals surface area contributed by atoms with Crippen LogP contribution in [0, 0.1) is 0 Å². The Bertz CT molecular complexity index is 838. The van der Waals surface area contributed by atoms with Gasteiger partial charge in [-0.1, -0.05) is 12.8 Å². The highest BCUT2D eigenvalue weighted by atomic mass is 16.5. The Hall–Kier alpha value is -0.360. The van der Waals surface area contributed by atoms with Gasteiger partial charge in [-0.15, -0.1) is 0 Å². The molecule has 0 saturated carbocycles. The Kier molecular flexibility index (Phi) is 31.9. The summed E-state index contributed by atoms with van der Waals surface area (Å²) in [7, 11) is 2.19. The Balaban J connectivity index is 0.000000340. The zero-order chi connectivity index (χ0) is 43.5. The predicted molar refractivity (Wildman–Crippen MR) is 257 cm³/mol. The van der Waals surface area contributed by atoms with Gasteiger partial charge in [-0.05, 0) is 201 Å². The second kappa shape index (κ2) is 33.2. The molecule has 7 aliphatic heterocycles. The van der Waals surface area contributed by atoms with E-state index in [1.807, 2.05) is 0 Å². The molecule has 348 valence electrons. The minimum absolute atomic E-state index is 0.689. The summed E-state index contributed by atoms with van der Waals surface area (Å²) in [4.78, 5) is 19.9. The molecule has 58 heavy (non-hydrogen) atoms. The van der Waals surface area contributed by atoms with Gasteiger partial charge in [-0.3, -0.25) is 14.7 Å². The molecule has 0 bridgehead atoms. The average molecular weight is 823 g/mol. The molecule has 7 fully saturated rings. The van der Waals surface area contributed by atoms with E-state index < -0.39 is 0 Å². The predicted octanol–water partition coefficient (Wildman–Crippen LogP) is 8.43. The van der Waals surface area contributed by atoms with Crippen LogP contribution >= 0.6 is 0 Å². The molecule has 9 heteroatoms. The van der Waals surface area contributed by atoms with Crippen LogP contribution in [-0.2, 0) is 4.74 Å². The number of hydrogen-bond donors (Lipinski definition) is 0. The van der Waals surface area contributed by atoms with Gasteiger partial charge >= 0.3 is 0 Å². The van der Waals surface area contributed by atoms with Crippen molar-refractivity contribution in [3.8, 4) is 0 Å². The maximum absolute atomic E-state index is 5.21. The molecule has 9 nitrogen and oxygen atoms in total. The Morgan fingerprint density at radius 3 is 0.638 bits per heavy atom. The summed E-state index contributed by atoms with van der Waals surface area (Å²) < 4.78 is 5.21. The molecule has 0 N–H and O–H groups in total. The topological polar surface area (TPSA) is 34.9 Å². The quantitative estimate of drug-likeness (QED) is 0.235. The standard InChI is InChI=1S/C8H18N2.2C8H17N.C7H15NO.C7H15N.C6H13N.C5H11N/c1-8(2)10-6-4-9(3)5-7-10;2*1-8(2)9-6-4-3-5-7-9;1-7(2)8-3-5-9-6-4-8;1-7(2)8-5-3-4-6-8;1-6(2)7-4-3-5-7;1-5(2)6-3-4-6/h8H,4-7H2,1-3H3;2*8H,3-7H2,1-2H3;7H,3-6H2,1-2H3;7H,3-6H2,1-2H3;6H,3-5H2,1-2H3;5H,3-4H2,1-2H3. The van der Waals surface area contributed by atoms with Crippen molar-refractivity contribution in [2.45, 2.75) is 197 Å². The molecule has 0 amide bonds. The average Bonchev–Trinajstić information content (AvgIpc) is 3.90. The molecule has 0 atom stereocenters. The van der Waals surface area contributed by atoms with Gasteiger partial charge in [0.15, 0.2) is 0 Å². The zero-order valence-corrected chi connectivity index (χ0v) is 42.1. The number of piperidine rings is 2. The van der Waals surface area contributed by atoms with Crippen molar-refractivity contribution in [3.05, 3.63) is 0 Å². The van der Waals surface area contributed by atoms with Crippen LogP contribution in [0.4, 0.5) is 0 Å². The lowest BCUT2D eigenvalue weighted by molar-refractivity contribution is 0.0238. The van der Waals surface area contributed by atoms with E-state index in [0.717, 1.165) is 62.6 Å². The van der Waals surface area contributed by atoms with Gasteiger partial charge in [-0.2, -0.15) is 0 Å². The number of likely N-dealkylation sites (N-methyl/N-ethyl adjacent to an activating group) is 1. The van der Waals surface area contributed by atoms with Gasteiger partial charge in [0, 0.05) is 94.7 Å². The van der Waals surface area contributed by atoms with Crippen molar-refractivity contribution in [2.24, 2.45) is 0 Å². The van der Waals surface area contributed by atoms with Crippen LogP contribution in [-0.4, -0.2) is 206 Å². The Labute approximate surface area is 364 Å². The van der Waals surface area contributed by atoms with Crippen molar-refractivity contribution < 1.29 is 4.74 Å². The largest absolute Gasteiger partial charge is 0.379 e. The summed E-state index contributed by atoms with van der Waals surface area (Å²) in [5, 5.41) is 0. The fourth-order valence-corrected chi connectivity index (χ4v) is 7.99. The van der Waals surface area contributed by atoms with Crippen LogP contribution in [0.15, 0.2) is 0 Å². The van der Waals surface area contributed by atoms with Crippen molar-refractivity contribution in [2.75, 3.05) is 125 Å². The van der Waals surface area contributed by atoms with E-state index in [-0.39, 0.29) is 0 Å². The van der Waals surface area contributed by atoms with Crippen LogP contribution < -0.4 is 0 Å². The number of hydrogen-bond acceptors (Lipinski definition) is 9.